The summed E-state index contributed by atoms with van der Waals surface area (Å²) in [6.45, 7) is -0.649. The van der Waals surface area contributed by atoms with Crippen molar-refractivity contribution >= 4 is 119 Å². The molecule has 1 aliphatic rings. The Labute approximate surface area is 603 Å². The third-order valence-corrected chi connectivity index (χ3v) is 19.2. The van der Waals surface area contributed by atoms with Crippen LogP contribution < -0.4 is 46.7 Å². The number of amides is 4. The van der Waals surface area contributed by atoms with Crippen LogP contribution in [0.1, 0.15) is 70.1 Å². The molecular weight excluding hydrogens is 1450 g/mol. The Bertz CT molecular complexity index is 4060. The fourth-order valence-corrected chi connectivity index (χ4v) is 14.2. The number of aryl methyl sites for hydroxylation is 5. The van der Waals surface area contributed by atoms with Gasteiger partial charge in [0.1, 0.15) is 41.2 Å². The van der Waals surface area contributed by atoms with Crippen LogP contribution in [0.4, 0.5) is 11.5 Å². The molecule has 0 spiro atoms. The highest BCUT2D eigenvalue weighted by atomic mass is 32.2. The van der Waals surface area contributed by atoms with Gasteiger partial charge in [0.2, 0.25) is 27.7 Å². The molecule has 0 fully saturated rings. The molecule has 1 aromatic heterocycles. The molecule has 4 amide bonds. The van der Waals surface area contributed by atoms with Gasteiger partial charge >= 0.3 is 35.8 Å². The minimum atomic E-state index is -5.07. The molecule has 570 valence electrons. The standard InChI is InChI=1S/C63H84N12O25S4/c1-37-24-47(25-38(2)57(37)104(98,99)72-48(62(90)91)27-67-59(87)43-13-8-40(9-14-43)10-16-44-19-15-42-6-4-20-65-58(42)68-44)100-23-5-7-51(76)64-21-22-66-60(88)49(35-102(92,93)94)70-61(89)50(36-103(95,96)97)71-63(101)69-45-17-11-41(12-18-45)26-46(75(33-55(83)84)34-56(85)86)29-73(30-52(77)78)28-39(3)74(31-53(79)80)32-54(81)82/h8-9,11-15,17-19,24-25,39,46,48-50,72H,4-7,10,16,20-23,26-36H2,1-3H3,(H,64,76)(H,65,68)(H,66,88)(H,67,87)(H,70,89)(H,77,78)(H,79,80)(H,81,82)(H,83,84)(H,85,86)(H,90,91)(H2,69,71,101)(H,92,93,94)(H,95,96,97). The molecule has 0 saturated carbocycles. The van der Waals surface area contributed by atoms with Gasteiger partial charge in [0.15, 0.2) is 5.11 Å². The van der Waals surface area contributed by atoms with Crippen molar-refractivity contribution in [2.24, 2.45) is 0 Å². The highest BCUT2D eigenvalue weighted by Gasteiger charge is 2.34. The number of sulfonamides is 1. The number of benzene rings is 3. The predicted octanol–water partition coefficient (Wildman–Crippen LogP) is -1.36. The van der Waals surface area contributed by atoms with E-state index in [1.807, 2.05) is 11.4 Å². The Kier molecular flexibility index (Phi) is 32.6. The lowest BCUT2D eigenvalue weighted by atomic mass is 10.0. The highest BCUT2D eigenvalue weighted by molar-refractivity contribution is 7.89. The Morgan fingerprint density at radius 1 is 0.644 bits per heavy atom. The monoisotopic (exact) mass is 1540 g/mol. The molecule has 4 aromatic rings. The van der Waals surface area contributed by atoms with Crippen LogP contribution in [0.5, 0.6) is 5.75 Å². The van der Waals surface area contributed by atoms with Crippen molar-refractivity contribution in [1.29, 1.82) is 0 Å². The van der Waals surface area contributed by atoms with Crippen LogP contribution in [0.15, 0.2) is 77.7 Å². The summed E-state index contributed by atoms with van der Waals surface area (Å²) < 4.78 is 103. The number of thiocarbonyl (C=S) groups is 1. The number of hydrogen-bond acceptors (Lipinski definition) is 23. The van der Waals surface area contributed by atoms with E-state index in [1.165, 1.54) is 67.6 Å². The zero-order valence-electron chi connectivity index (χ0n) is 56.6. The number of carbonyl (C=O) groups excluding carboxylic acids is 4. The van der Waals surface area contributed by atoms with Crippen LogP contribution in [0.25, 0.3) is 0 Å². The minimum Gasteiger partial charge on any atom is -0.494 e. The number of ether oxygens (including phenoxy) is 1. The summed E-state index contributed by atoms with van der Waals surface area (Å²) in [6.07, 6.45) is 3.13. The van der Waals surface area contributed by atoms with Gasteiger partial charge in [-0.05, 0) is 142 Å². The van der Waals surface area contributed by atoms with Crippen LogP contribution in [0.2, 0.25) is 0 Å². The van der Waals surface area contributed by atoms with E-state index < -0.39 is 182 Å². The summed E-state index contributed by atoms with van der Waals surface area (Å²) in [4.78, 5) is 132. The SMILES string of the molecule is Cc1cc(OCCCC(=O)NCCNC(=O)C(CS(=O)(=O)O)NC(=O)C(CS(=O)(=O)O)NC(=S)Nc2ccc(CC(CN(CC(=O)O)CC(C)N(CC(=O)O)CC(=O)O)N(CC(=O)O)CC(=O)O)cc2)cc(C)c1S(=O)(=O)NC(CNC(=O)c1ccc(CCc2ccc3c(n2)NCCC3)cc1)C(=O)O. The van der Waals surface area contributed by atoms with Crippen molar-refractivity contribution in [3.05, 3.63) is 112 Å². The van der Waals surface area contributed by atoms with Crippen LogP contribution in [-0.4, -0.2) is 270 Å². The zero-order chi connectivity index (χ0) is 77.2. The number of carboxylic acids is 6. The third-order valence-electron chi connectivity index (χ3n) is 15.7. The Morgan fingerprint density at radius 2 is 1.20 bits per heavy atom. The van der Waals surface area contributed by atoms with Crippen LogP contribution in [0, 0.1) is 13.8 Å². The summed E-state index contributed by atoms with van der Waals surface area (Å²) >= 11 is 5.28. The second-order valence-corrected chi connectivity index (χ2v) is 29.4. The topological polar surface area (TPSA) is 563 Å². The number of nitrogens with one attached hydrogen (secondary N) is 8. The number of rotatable bonds is 45. The predicted molar refractivity (Wildman–Crippen MR) is 375 cm³/mol. The normalized spacial score (nSPS) is 13.7. The number of pyridine rings is 1. The smallest absolute Gasteiger partial charge is 0.323 e. The Balaban J connectivity index is 1.10. The zero-order valence-corrected chi connectivity index (χ0v) is 59.9. The van der Waals surface area contributed by atoms with E-state index in [4.69, 9.17) is 21.9 Å². The second-order valence-electron chi connectivity index (χ2n) is 24.3. The number of hydrogen-bond donors (Lipinski definition) is 16. The molecule has 0 saturated heterocycles. The van der Waals surface area contributed by atoms with Gasteiger partial charge in [-0.25, -0.2) is 13.4 Å². The quantitative estimate of drug-likeness (QED) is 0.0138. The minimum absolute atomic E-state index is 0.0695. The van der Waals surface area contributed by atoms with Crippen molar-refractivity contribution in [3.63, 3.8) is 0 Å². The molecule has 5 unspecified atom stereocenters. The third kappa shape index (κ3) is 30.4. The maximum absolute atomic E-state index is 13.7. The number of nitrogens with zero attached hydrogens (tertiary/aromatic N) is 4. The Morgan fingerprint density at radius 3 is 1.77 bits per heavy atom. The van der Waals surface area contributed by atoms with Crippen molar-refractivity contribution in [2.75, 3.05) is 101 Å². The van der Waals surface area contributed by atoms with Gasteiger partial charge in [0.25, 0.3) is 26.1 Å². The first kappa shape index (κ1) is 85.1. The lowest BCUT2D eigenvalue weighted by molar-refractivity contribution is -0.144. The van der Waals surface area contributed by atoms with Gasteiger partial charge in [-0.1, -0.05) is 30.3 Å². The molecule has 41 heteroatoms. The largest absolute Gasteiger partial charge is 0.494 e. The van der Waals surface area contributed by atoms with Crippen molar-refractivity contribution < 1.29 is 118 Å². The molecule has 0 bridgehead atoms. The summed E-state index contributed by atoms with van der Waals surface area (Å²) in [6, 6.07) is 11.2. The summed E-state index contributed by atoms with van der Waals surface area (Å²) in [5, 5.41) is 74.9. The molecule has 0 radical (unpaired) electrons. The number of carboxylic acid groups (broad SMARTS) is 6. The van der Waals surface area contributed by atoms with E-state index in [0.717, 1.165) is 46.3 Å². The first-order chi connectivity index (χ1) is 48.7. The molecular formula is C63H84N12O25S4. The van der Waals surface area contributed by atoms with Gasteiger partial charge in [0.05, 0.1) is 44.2 Å². The average Bonchev–Trinajstić information content (AvgIpc) is 0.788. The first-order valence-electron chi connectivity index (χ1n) is 32.0. The van der Waals surface area contributed by atoms with Gasteiger partial charge in [-0.15, -0.1) is 0 Å². The van der Waals surface area contributed by atoms with Crippen molar-refractivity contribution in [1.82, 2.24) is 51.0 Å². The van der Waals surface area contributed by atoms with Crippen LogP contribution in [-0.2, 0) is 99.1 Å². The van der Waals surface area contributed by atoms with E-state index in [0.29, 0.717) is 18.4 Å². The van der Waals surface area contributed by atoms with Crippen LogP contribution in [0.3, 0.4) is 0 Å². The van der Waals surface area contributed by atoms with E-state index in [9.17, 15) is 113 Å². The van der Waals surface area contributed by atoms with E-state index in [-0.39, 0.29) is 78.5 Å². The summed E-state index contributed by atoms with van der Waals surface area (Å²) in [7, 11) is -14.7. The molecule has 104 heavy (non-hydrogen) atoms. The summed E-state index contributed by atoms with van der Waals surface area (Å²) in [5.41, 5.74) is 4.10. The summed E-state index contributed by atoms with van der Waals surface area (Å²) in [5.74, 6) is -14.3. The molecule has 3 aromatic carbocycles. The highest BCUT2D eigenvalue weighted by Crippen LogP contribution is 2.27. The first-order valence-corrected chi connectivity index (χ1v) is 37.1. The van der Waals surface area contributed by atoms with Gasteiger partial charge < -0.3 is 72.6 Å². The number of anilines is 2. The van der Waals surface area contributed by atoms with Crippen molar-refractivity contribution in [2.45, 2.75) is 101 Å². The van der Waals surface area contributed by atoms with E-state index >= 15 is 0 Å². The molecule has 2 heterocycles. The van der Waals surface area contributed by atoms with Crippen molar-refractivity contribution in [3.8, 4) is 5.75 Å². The molecule has 5 atom stereocenters. The maximum atomic E-state index is 13.7. The second kappa shape index (κ2) is 39.9. The fraction of sp³-hybridized carbons (Fsp3) is 0.460. The lowest BCUT2D eigenvalue weighted by Crippen LogP contribution is -2.58. The average molecular weight is 1540 g/mol. The Hall–Kier alpha value is -9.59. The van der Waals surface area contributed by atoms with Crippen LogP contribution >= 0.6 is 12.2 Å². The van der Waals surface area contributed by atoms with Gasteiger partial charge in [0, 0.05) is 74.7 Å². The maximum Gasteiger partial charge on any atom is 0.323 e. The molecule has 5 rings (SSSR count). The molecule has 16 N–H and O–H groups in total. The molecule has 1 aliphatic heterocycles. The number of carbonyl (C=O) groups is 10. The number of fused-ring (bicyclic) bond motifs is 1. The number of aliphatic carboxylic acids is 6. The molecule has 37 nitrogen and oxygen atoms in total. The van der Waals surface area contributed by atoms with E-state index in [2.05, 4.69) is 42.7 Å². The molecule has 0 aliphatic carbocycles. The fourth-order valence-electron chi connectivity index (χ4n) is 11.0. The number of aromatic nitrogens is 1. The lowest BCUT2D eigenvalue weighted by Gasteiger charge is -2.36. The van der Waals surface area contributed by atoms with E-state index in [1.54, 1.807) is 24.3 Å². The van der Waals surface area contributed by atoms with Gasteiger partial charge in [-0.3, -0.25) is 71.8 Å². The van der Waals surface area contributed by atoms with Gasteiger partial charge in [-0.2, -0.15) is 21.6 Å².